The van der Waals surface area contributed by atoms with Crippen molar-refractivity contribution in [3.05, 3.63) is 70.8 Å². The summed E-state index contributed by atoms with van der Waals surface area (Å²) in [5.74, 6) is 1.71. The van der Waals surface area contributed by atoms with Gasteiger partial charge in [0.05, 0.1) is 0 Å². The highest BCUT2D eigenvalue weighted by molar-refractivity contribution is 5.27. The fraction of sp³-hybridized carbons (Fsp3) is 0.667. The summed E-state index contributed by atoms with van der Waals surface area (Å²) in [5, 5.41) is 7.40. The van der Waals surface area contributed by atoms with Gasteiger partial charge in [0.25, 0.3) is 0 Å². The molecule has 0 heterocycles. The summed E-state index contributed by atoms with van der Waals surface area (Å²) < 4.78 is 0. The average Bonchev–Trinajstić information content (AvgIpc) is 2.98. The minimum Gasteiger partial charge on any atom is -0.312 e. The van der Waals surface area contributed by atoms with Gasteiger partial charge in [-0.3, -0.25) is 0 Å². The lowest BCUT2D eigenvalue weighted by Gasteiger charge is -2.29. The fourth-order valence-electron chi connectivity index (χ4n) is 4.34. The first-order chi connectivity index (χ1) is 18.6. The summed E-state index contributed by atoms with van der Waals surface area (Å²) in [7, 11) is 0. The highest BCUT2D eigenvalue weighted by Gasteiger charge is 2.20. The molecule has 0 aliphatic heterocycles. The van der Waals surface area contributed by atoms with Crippen molar-refractivity contribution in [3.63, 3.8) is 0 Å². The van der Waals surface area contributed by atoms with E-state index in [2.05, 4.69) is 101 Å². The Morgan fingerprint density at radius 2 is 0.947 bits per heavy atom. The van der Waals surface area contributed by atoms with Crippen molar-refractivity contribution in [1.29, 1.82) is 0 Å². The second-order valence-electron chi connectivity index (χ2n) is 9.90. The van der Waals surface area contributed by atoms with Crippen LogP contribution < -0.4 is 10.6 Å². The number of aryl methyl sites for hydroxylation is 2. The van der Waals surface area contributed by atoms with Gasteiger partial charge in [-0.05, 0) is 86.2 Å². The van der Waals surface area contributed by atoms with E-state index in [1.54, 1.807) is 0 Å². The van der Waals surface area contributed by atoms with E-state index in [-0.39, 0.29) is 0 Å². The molecule has 1 fully saturated rings. The Kier molecular flexibility index (Phi) is 28.7. The molecule has 220 valence electrons. The van der Waals surface area contributed by atoms with Crippen LogP contribution in [0.25, 0.3) is 0 Å². The quantitative estimate of drug-likeness (QED) is 0.322. The van der Waals surface area contributed by atoms with E-state index < -0.39 is 0 Å². The molecule has 0 atom stereocenters. The molecule has 2 nitrogen and oxygen atoms in total. The largest absolute Gasteiger partial charge is 0.312 e. The second-order valence-corrected chi connectivity index (χ2v) is 9.90. The molecule has 0 radical (unpaired) electrons. The minimum absolute atomic E-state index is 0.853. The third kappa shape index (κ3) is 18.6. The van der Waals surface area contributed by atoms with Crippen molar-refractivity contribution < 1.29 is 0 Å². The number of rotatable bonds is 10. The number of hydrogen-bond donors (Lipinski definition) is 2. The molecule has 1 aliphatic rings. The van der Waals surface area contributed by atoms with Crippen LogP contribution in [0.5, 0.6) is 0 Å². The Hall–Kier alpha value is -1.64. The first kappa shape index (κ1) is 38.5. The summed E-state index contributed by atoms with van der Waals surface area (Å²) >= 11 is 0. The van der Waals surface area contributed by atoms with Gasteiger partial charge < -0.3 is 10.6 Å². The molecule has 2 heteroatoms. The lowest BCUT2D eigenvalue weighted by molar-refractivity contribution is 0.260. The lowest BCUT2D eigenvalue weighted by atomic mass is 9.82. The van der Waals surface area contributed by atoms with Crippen molar-refractivity contribution >= 4 is 0 Å². The molecule has 38 heavy (non-hydrogen) atoms. The Morgan fingerprint density at radius 1 is 0.579 bits per heavy atom. The first-order valence-electron chi connectivity index (χ1n) is 16.1. The zero-order chi connectivity index (χ0) is 29.0. The maximum absolute atomic E-state index is 3.72. The topological polar surface area (TPSA) is 24.1 Å². The van der Waals surface area contributed by atoms with Crippen LogP contribution in [0.15, 0.2) is 48.5 Å². The molecule has 0 unspecified atom stereocenters. The molecule has 0 aromatic heterocycles. The van der Waals surface area contributed by atoms with Gasteiger partial charge >= 0.3 is 0 Å². The first-order valence-corrected chi connectivity index (χ1v) is 16.1. The summed E-state index contributed by atoms with van der Waals surface area (Å²) in [6, 6.07) is 17.5. The van der Waals surface area contributed by atoms with E-state index in [0.717, 1.165) is 31.3 Å². The minimum atomic E-state index is 0.853. The van der Waals surface area contributed by atoms with Crippen molar-refractivity contribution in [2.75, 3.05) is 13.1 Å². The van der Waals surface area contributed by atoms with Gasteiger partial charge in [-0.1, -0.05) is 130 Å². The number of unbranched alkanes of at least 4 members (excludes halogenated alkanes) is 1. The summed E-state index contributed by atoms with van der Waals surface area (Å²) in [6.45, 7) is 25.4. The zero-order valence-corrected chi connectivity index (χ0v) is 27.3. The highest BCUT2D eigenvalue weighted by Crippen LogP contribution is 2.28. The maximum Gasteiger partial charge on any atom is 0.0208 e. The van der Waals surface area contributed by atoms with Crippen LogP contribution in [0.3, 0.4) is 0 Å². The Balaban J connectivity index is 0. The van der Waals surface area contributed by atoms with Crippen molar-refractivity contribution in [2.24, 2.45) is 11.8 Å². The van der Waals surface area contributed by atoms with Gasteiger partial charge in [-0.25, -0.2) is 0 Å². The van der Waals surface area contributed by atoms with E-state index in [0.29, 0.717) is 0 Å². The molecule has 0 bridgehead atoms. The van der Waals surface area contributed by atoms with Gasteiger partial charge in [-0.15, -0.1) is 0 Å². The Labute approximate surface area is 239 Å². The van der Waals surface area contributed by atoms with E-state index >= 15 is 0 Å². The van der Waals surface area contributed by atoms with Crippen molar-refractivity contribution in [2.45, 2.75) is 134 Å². The lowest BCUT2D eigenvalue weighted by Crippen LogP contribution is -2.30. The molecule has 0 saturated heterocycles. The molecular formula is C36H66N2. The van der Waals surface area contributed by atoms with Gasteiger partial charge in [-0.2, -0.15) is 0 Å². The molecule has 1 aliphatic carbocycles. The molecule has 2 aromatic rings. The molecule has 1 saturated carbocycles. The normalized spacial score (nSPS) is 15.7. The van der Waals surface area contributed by atoms with E-state index in [1.807, 2.05) is 27.7 Å². The second kappa shape index (κ2) is 28.4. The highest BCUT2D eigenvalue weighted by atomic mass is 14.9. The molecule has 2 aromatic carbocycles. The van der Waals surface area contributed by atoms with Crippen LogP contribution in [0.2, 0.25) is 0 Å². The average molecular weight is 527 g/mol. The van der Waals surface area contributed by atoms with Crippen molar-refractivity contribution in [3.8, 4) is 0 Å². The summed E-state index contributed by atoms with van der Waals surface area (Å²) in [4.78, 5) is 0. The van der Waals surface area contributed by atoms with E-state index in [4.69, 9.17) is 0 Å². The molecule has 0 spiro atoms. The fourth-order valence-corrected chi connectivity index (χ4v) is 4.34. The van der Waals surface area contributed by atoms with Gasteiger partial charge in [0, 0.05) is 13.1 Å². The molecular weight excluding hydrogens is 460 g/mol. The maximum atomic E-state index is 3.72. The summed E-state index contributed by atoms with van der Waals surface area (Å²) in [5.41, 5.74) is 5.77. The molecule has 0 amide bonds. The number of hydrogen-bond acceptors (Lipinski definition) is 2. The van der Waals surface area contributed by atoms with Crippen LogP contribution in [0, 0.1) is 18.8 Å². The van der Waals surface area contributed by atoms with Crippen LogP contribution in [-0.2, 0) is 19.5 Å². The predicted octanol–water partition coefficient (Wildman–Crippen LogP) is 10.5. The van der Waals surface area contributed by atoms with E-state index in [1.165, 1.54) is 80.3 Å². The number of nitrogens with one attached hydrogen (secondary N) is 2. The monoisotopic (exact) mass is 527 g/mol. The van der Waals surface area contributed by atoms with Crippen LogP contribution in [0.4, 0.5) is 0 Å². The van der Waals surface area contributed by atoms with Crippen LogP contribution >= 0.6 is 0 Å². The van der Waals surface area contributed by atoms with E-state index in [9.17, 15) is 0 Å². The SMILES string of the molecule is CC.CC.CCC.CCCC.CCc1ccccc1CNCC1CCC(CNCc2ccccc2C)CC1. The van der Waals surface area contributed by atoms with Crippen molar-refractivity contribution in [1.82, 2.24) is 10.6 Å². The standard InChI is InChI=1S/C25H36N2.C4H10.C3H8.2C2H6/c1-3-23-9-6-7-11-25(23)19-27-17-22-14-12-21(13-15-22)16-26-18-24-10-5-4-8-20(24)2;1-3-4-2;1-3-2;2*1-2/h4-11,21-22,26-27H,3,12-19H2,1-2H3;3-4H2,1-2H3;3H2,1-2H3;2*1-2H3. The predicted molar refractivity (Wildman–Crippen MR) is 175 cm³/mol. The summed E-state index contributed by atoms with van der Waals surface area (Å²) in [6.07, 6.45) is 10.5. The molecule has 2 N–H and O–H groups in total. The third-order valence-electron chi connectivity index (χ3n) is 6.72. The van der Waals surface area contributed by atoms with Crippen LogP contribution in [-0.4, -0.2) is 13.1 Å². The Morgan fingerprint density at radius 3 is 1.34 bits per heavy atom. The van der Waals surface area contributed by atoms with Gasteiger partial charge in [0.15, 0.2) is 0 Å². The smallest absolute Gasteiger partial charge is 0.0208 e. The Bertz CT molecular complexity index is 730. The van der Waals surface area contributed by atoms with Gasteiger partial charge in [0.1, 0.15) is 0 Å². The number of benzene rings is 2. The van der Waals surface area contributed by atoms with Crippen LogP contribution in [0.1, 0.15) is 130 Å². The zero-order valence-electron chi connectivity index (χ0n) is 27.3. The third-order valence-corrected chi connectivity index (χ3v) is 6.72. The molecule has 3 rings (SSSR count). The van der Waals surface area contributed by atoms with Gasteiger partial charge in [0.2, 0.25) is 0 Å².